The van der Waals surface area contributed by atoms with Crippen molar-refractivity contribution >= 4 is 5.91 Å². The van der Waals surface area contributed by atoms with Crippen molar-refractivity contribution < 1.29 is 9.90 Å². The first-order valence-corrected chi connectivity index (χ1v) is 3.53. The normalized spacial score (nSPS) is 35.2. The van der Waals surface area contributed by atoms with E-state index in [1.54, 1.807) is 7.05 Å². The first-order chi connectivity index (χ1) is 5.11. The molecule has 1 aliphatic carbocycles. The predicted octanol–water partition coefficient (Wildman–Crippen LogP) is -0.493. The Kier molecular flexibility index (Phi) is 1.88. The van der Waals surface area contributed by atoms with Gasteiger partial charge in [-0.3, -0.25) is 4.79 Å². The molecule has 2 N–H and O–H groups in total. The van der Waals surface area contributed by atoms with E-state index in [0.717, 1.165) is 0 Å². The Morgan fingerprint density at radius 1 is 1.82 bits per heavy atom. The third-order valence-electron chi connectivity index (χ3n) is 2.05. The lowest BCUT2D eigenvalue weighted by atomic mass is 9.71. The maximum Gasteiger partial charge on any atom is 0.223 e. The van der Waals surface area contributed by atoms with Crippen molar-refractivity contribution in [2.75, 3.05) is 7.05 Å². The van der Waals surface area contributed by atoms with Crippen LogP contribution in [-0.4, -0.2) is 23.7 Å². The second-order valence-corrected chi connectivity index (χ2v) is 2.90. The molecule has 0 bridgehead atoms. The van der Waals surface area contributed by atoms with E-state index in [1.807, 2.05) is 0 Å². The van der Waals surface area contributed by atoms with Crippen LogP contribution in [-0.2, 0) is 4.79 Å². The smallest absolute Gasteiger partial charge is 0.223 e. The van der Waals surface area contributed by atoms with E-state index in [-0.39, 0.29) is 11.8 Å². The summed E-state index contributed by atoms with van der Waals surface area (Å²) in [5.41, 5.74) is -1.02. The third kappa shape index (κ3) is 1.36. The van der Waals surface area contributed by atoms with Gasteiger partial charge in [0, 0.05) is 13.0 Å². The van der Waals surface area contributed by atoms with Crippen LogP contribution in [0.4, 0.5) is 0 Å². The maximum absolute atomic E-state index is 10.9. The minimum absolute atomic E-state index is 0.0371. The molecule has 0 aromatic carbocycles. The van der Waals surface area contributed by atoms with E-state index in [1.165, 1.54) is 0 Å². The minimum atomic E-state index is -1.02. The molecule has 60 valence electrons. The lowest BCUT2D eigenvalue weighted by Crippen LogP contribution is -2.48. The Bertz CT molecular complexity index is 211. The molecule has 1 aliphatic rings. The number of terminal acetylenes is 1. The molecule has 0 saturated heterocycles. The fourth-order valence-electron chi connectivity index (χ4n) is 1.26. The van der Waals surface area contributed by atoms with Gasteiger partial charge < -0.3 is 10.4 Å². The molecule has 0 aliphatic heterocycles. The molecule has 3 heteroatoms. The number of rotatable bonds is 1. The van der Waals surface area contributed by atoms with Crippen LogP contribution in [0.15, 0.2) is 0 Å². The van der Waals surface area contributed by atoms with Crippen molar-refractivity contribution in [3.05, 3.63) is 0 Å². The van der Waals surface area contributed by atoms with Crippen molar-refractivity contribution in [2.45, 2.75) is 18.4 Å². The van der Waals surface area contributed by atoms with Crippen LogP contribution in [0.2, 0.25) is 0 Å². The van der Waals surface area contributed by atoms with Crippen LogP contribution in [0.25, 0.3) is 0 Å². The van der Waals surface area contributed by atoms with Crippen LogP contribution in [0.1, 0.15) is 12.8 Å². The van der Waals surface area contributed by atoms with Gasteiger partial charge in [0.25, 0.3) is 0 Å². The highest BCUT2D eigenvalue weighted by molar-refractivity contribution is 5.79. The number of carbonyl (C=O) groups is 1. The molecule has 0 atom stereocenters. The number of hydrogen-bond donors (Lipinski definition) is 2. The minimum Gasteiger partial charge on any atom is -0.378 e. The molecule has 1 fully saturated rings. The van der Waals surface area contributed by atoms with E-state index in [2.05, 4.69) is 11.2 Å². The Balaban J connectivity index is 2.42. The SMILES string of the molecule is C#CC1(O)CC(C(=O)NC)C1. The zero-order chi connectivity index (χ0) is 8.48. The molecule has 0 heterocycles. The molecule has 0 spiro atoms. The Morgan fingerprint density at radius 3 is 2.73 bits per heavy atom. The lowest BCUT2D eigenvalue weighted by molar-refractivity contribution is -0.134. The summed E-state index contributed by atoms with van der Waals surface area (Å²) in [6.07, 6.45) is 5.82. The van der Waals surface area contributed by atoms with Gasteiger partial charge in [0.05, 0.1) is 0 Å². The monoisotopic (exact) mass is 153 g/mol. The molecule has 0 aromatic heterocycles. The number of nitrogens with one attached hydrogen (secondary N) is 1. The summed E-state index contributed by atoms with van der Waals surface area (Å²) in [5, 5.41) is 11.8. The predicted molar refractivity (Wildman–Crippen MR) is 40.6 cm³/mol. The topological polar surface area (TPSA) is 49.3 Å². The summed E-state index contributed by atoms with van der Waals surface area (Å²) in [4.78, 5) is 10.9. The molecular weight excluding hydrogens is 142 g/mol. The second kappa shape index (κ2) is 2.55. The fraction of sp³-hybridized carbons (Fsp3) is 0.625. The van der Waals surface area contributed by atoms with Gasteiger partial charge in [0.2, 0.25) is 5.91 Å². The number of carbonyl (C=O) groups excluding carboxylic acids is 1. The largest absolute Gasteiger partial charge is 0.378 e. The van der Waals surface area contributed by atoms with Gasteiger partial charge in [-0.05, 0) is 12.8 Å². The van der Waals surface area contributed by atoms with E-state index in [0.29, 0.717) is 12.8 Å². The lowest BCUT2D eigenvalue weighted by Gasteiger charge is -2.38. The average molecular weight is 153 g/mol. The van der Waals surface area contributed by atoms with Gasteiger partial charge in [0.1, 0.15) is 5.60 Å². The summed E-state index contributed by atoms with van der Waals surface area (Å²) >= 11 is 0. The molecule has 3 nitrogen and oxygen atoms in total. The van der Waals surface area contributed by atoms with Crippen molar-refractivity contribution in [1.82, 2.24) is 5.32 Å². The maximum atomic E-state index is 10.9. The molecule has 1 amide bonds. The van der Waals surface area contributed by atoms with Crippen molar-refractivity contribution in [2.24, 2.45) is 5.92 Å². The summed E-state index contributed by atoms with van der Waals surface area (Å²) in [5.74, 6) is 2.13. The Labute approximate surface area is 65.8 Å². The van der Waals surface area contributed by atoms with Gasteiger partial charge in [-0.2, -0.15) is 0 Å². The fourth-order valence-corrected chi connectivity index (χ4v) is 1.26. The van der Waals surface area contributed by atoms with Crippen LogP contribution in [0.5, 0.6) is 0 Å². The first kappa shape index (κ1) is 8.09. The molecular formula is C8H11NO2. The van der Waals surface area contributed by atoms with Gasteiger partial charge in [-0.1, -0.05) is 5.92 Å². The second-order valence-electron chi connectivity index (χ2n) is 2.90. The summed E-state index contributed by atoms with van der Waals surface area (Å²) in [7, 11) is 1.58. The summed E-state index contributed by atoms with van der Waals surface area (Å²) in [6, 6.07) is 0. The van der Waals surface area contributed by atoms with Gasteiger partial charge >= 0.3 is 0 Å². The Morgan fingerprint density at radius 2 is 2.36 bits per heavy atom. The van der Waals surface area contributed by atoms with Crippen LogP contribution in [0.3, 0.4) is 0 Å². The van der Waals surface area contributed by atoms with Crippen molar-refractivity contribution in [3.8, 4) is 12.3 Å². The number of amides is 1. The molecule has 0 unspecified atom stereocenters. The van der Waals surface area contributed by atoms with E-state index >= 15 is 0 Å². The molecule has 1 rings (SSSR count). The van der Waals surface area contributed by atoms with E-state index in [9.17, 15) is 9.90 Å². The number of hydrogen-bond acceptors (Lipinski definition) is 2. The standard InChI is InChI=1S/C8H11NO2/c1-3-8(11)4-6(5-8)7(10)9-2/h1,6,11H,4-5H2,2H3,(H,9,10). The van der Waals surface area contributed by atoms with Gasteiger partial charge in [-0.25, -0.2) is 0 Å². The highest BCUT2D eigenvalue weighted by Crippen LogP contribution is 2.36. The highest BCUT2D eigenvalue weighted by atomic mass is 16.3. The highest BCUT2D eigenvalue weighted by Gasteiger charge is 2.44. The summed E-state index contributed by atoms with van der Waals surface area (Å²) < 4.78 is 0. The zero-order valence-corrected chi connectivity index (χ0v) is 6.42. The Hall–Kier alpha value is -1.01. The molecule has 1 saturated carbocycles. The quantitative estimate of drug-likeness (QED) is 0.499. The van der Waals surface area contributed by atoms with Crippen LogP contribution in [0, 0.1) is 18.3 Å². The first-order valence-electron chi connectivity index (χ1n) is 3.53. The van der Waals surface area contributed by atoms with Crippen molar-refractivity contribution in [3.63, 3.8) is 0 Å². The molecule has 0 radical (unpaired) electrons. The van der Waals surface area contributed by atoms with Crippen LogP contribution < -0.4 is 5.32 Å². The average Bonchev–Trinajstić information content (AvgIpc) is 1.97. The van der Waals surface area contributed by atoms with Gasteiger partial charge in [0.15, 0.2) is 0 Å². The molecule has 0 aromatic rings. The number of aliphatic hydroxyl groups is 1. The van der Waals surface area contributed by atoms with Crippen molar-refractivity contribution in [1.29, 1.82) is 0 Å². The van der Waals surface area contributed by atoms with Gasteiger partial charge in [-0.15, -0.1) is 6.42 Å². The molecule has 11 heavy (non-hydrogen) atoms. The van der Waals surface area contributed by atoms with Crippen LogP contribution >= 0.6 is 0 Å². The summed E-state index contributed by atoms with van der Waals surface area (Å²) in [6.45, 7) is 0. The zero-order valence-electron chi connectivity index (χ0n) is 6.42. The van der Waals surface area contributed by atoms with E-state index < -0.39 is 5.60 Å². The van der Waals surface area contributed by atoms with E-state index in [4.69, 9.17) is 6.42 Å². The third-order valence-corrected chi connectivity index (χ3v) is 2.05.